The molecule has 9 heteroatoms. The lowest BCUT2D eigenvalue weighted by molar-refractivity contribution is 0.101. The SMILES string of the molecule is COc1cc(NC(=O)c2csc(C)n2)ccc1NC(=O)c1csc(C)n1. The van der Waals surface area contributed by atoms with E-state index in [1.54, 1.807) is 29.0 Å². The molecule has 134 valence electrons. The van der Waals surface area contributed by atoms with E-state index in [1.807, 2.05) is 13.8 Å². The predicted molar refractivity (Wildman–Crippen MR) is 103 cm³/mol. The number of thiazole rings is 2. The van der Waals surface area contributed by atoms with E-state index in [-0.39, 0.29) is 11.8 Å². The first kappa shape index (κ1) is 18.0. The van der Waals surface area contributed by atoms with Gasteiger partial charge in [-0.15, -0.1) is 22.7 Å². The van der Waals surface area contributed by atoms with Crippen molar-refractivity contribution in [1.29, 1.82) is 0 Å². The predicted octanol–water partition coefficient (Wildman–Crippen LogP) is 3.73. The van der Waals surface area contributed by atoms with E-state index >= 15 is 0 Å². The summed E-state index contributed by atoms with van der Waals surface area (Å²) in [5, 5.41) is 10.6. The van der Waals surface area contributed by atoms with Gasteiger partial charge in [0.1, 0.15) is 17.1 Å². The van der Waals surface area contributed by atoms with Gasteiger partial charge in [0.15, 0.2) is 0 Å². The van der Waals surface area contributed by atoms with Crippen LogP contribution in [-0.2, 0) is 0 Å². The Labute approximate surface area is 158 Å². The highest BCUT2D eigenvalue weighted by Crippen LogP contribution is 2.29. The van der Waals surface area contributed by atoms with E-state index in [1.165, 1.54) is 29.8 Å². The van der Waals surface area contributed by atoms with Gasteiger partial charge in [0.25, 0.3) is 11.8 Å². The zero-order valence-corrected chi connectivity index (χ0v) is 16.0. The molecule has 0 saturated heterocycles. The molecule has 2 N–H and O–H groups in total. The van der Waals surface area contributed by atoms with Crippen molar-refractivity contribution >= 4 is 45.9 Å². The number of nitrogens with one attached hydrogen (secondary N) is 2. The van der Waals surface area contributed by atoms with Gasteiger partial charge in [-0.3, -0.25) is 9.59 Å². The Morgan fingerprint density at radius 2 is 1.54 bits per heavy atom. The summed E-state index contributed by atoms with van der Waals surface area (Å²) in [5.74, 6) is -0.189. The first-order valence-electron chi connectivity index (χ1n) is 7.61. The van der Waals surface area contributed by atoms with Crippen molar-refractivity contribution in [3.8, 4) is 5.75 Å². The molecular weight excluding hydrogens is 372 g/mol. The maximum absolute atomic E-state index is 12.2. The zero-order valence-electron chi connectivity index (χ0n) is 14.3. The van der Waals surface area contributed by atoms with Crippen LogP contribution in [0.4, 0.5) is 11.4 Å². The van der Waals surface area contributed by atoms with E-state index < -0.39 is 0 Å². The summed E-state index contributed by atoms with van der Waals surface area (Å²) in [6.45, 7) is 3.68. The lowest BCUT2D eigenvalue weighted by Gasteiger charge is -2.12. The monoisotopic (exact) mass is 388 g/mol. The molecule has 7 nitrogen and oxygen atoms in total. The molecule has 0 fully saturated rings. The van der Waals surface area contributed by atoms with Gasteiger partial charge in [0, 0.05) is 22.5 Å². The summed E-state index contributed by atoms with van der Waals surface area (Å²) in [6.07, 6.45) is 0. The van der Waals surface area contributed by atoms with E-state index in [2.05, 4.69) is 20.6 Å². The van der Waals surface area contributed by atoms with Crippen LogP contribution < -0.4 is 15.4 Å². The average molecular weight is 388 g/mol. The summed E-state index contributed by atoms with van der Waals surface area (Å²) in [6, 6.07) is 4.98. The molecule has 3 rings (SSSR count). The second-order valence-corrected chi connectivity index (χ2v) is 7.45. The summed E-state index contributed by atoms with van der Waals surface area (Å²) >= 11 is 2.82. The minimum Gasteiger partial charge on any atom is -0.494 e. The largest absolute Gasteiger partial charge is 0.494 e. The Morgan fingerprint density at radius 1 is 0.962 bits per heavy atom. The standard InChI is InChI=1S/C17H16N4O3S2/c1-9-18-13(7-25-9)16(22)20-11-4-5-12(15(6-11)24-3)21-17(23)14-8-26-10(2)19-14/h4-8H,1-3H3,(H,20,22)(H,21,23). The number of anilines is 2. The average Bonchev–Trinajstić information content (AvgIpc) is 3.24. The molecule has 0 bridgehead atoms. The molecule has 2 heterocycles. The number of hydrogen-bond donors (Lipinski definition) is 2. The molecule has 0 saturated carbocycles. The van der Waals surface area contributed by atoms with Crippen LogP contribution in [0.25, 0.3) is 0 Å². The fraction of sp³-hybridized carbons (Fsp3) is 0.176. The lowest BCUT2D eigenvalue weighted by Crippen LogP contribution is -2.14. The first-order chi connectivity index (χ1) is 12.5. The topological polar surface area (TPSA) is 93.2 Å². The second-order valence-electron chi connectivity index (χ2n) is 5.33. The van der Waals surface area contributed by atoms with Crippen molar-refractivity contribution < 1.29 is 14.3 Å². The number of aryl methyl sites for hydroxylation is 2. The maximum Gasteiger partial charge on any atom is 0.275 e. The van der Waals surface area contributed by atoms with Crippen LogP contribution in [0.5, 0.6) is 5.75 Å². The van der Waals surface area contributed by atoms with Crippen LogP contribution in [0.2, 0.25) is 0 Å². The second kappa shape index (κ2) is 7.63. The van der Waals surface area contributed by atoms with Crippen molar-refractivity contribution in [3.63, 3.8) is 0 Å². The Morgan fingerprint density at radius 3 is 2.04 bits per heavy atom. The number of carbonyl (C=O) groups is 2. The highest BCUT2D eigenvalue weighted by atomic mass is 32.1. The van der Waals surface area contributed by atoms with Crippen molar-refractivity contribution in [2.24, 2.45) is 0 Å². The molecule has 0 aliphatic carbocycles. The van der Waals surface area contributed by atoms with Gasteiger partial charge >= 0.3 is 0 Å². The van der Waals surface area contributed by atoms with Gasteiger partial charge in [-0.05, 0) is 26.0 Å². The normalized spacial score (nSPS) is 10.4. The van der Waals surface area contributed by atoms with E-state index in [0.717, 1.165) is 10.0 Å². The molecule has 0 atom stereocenters. The van der Waals surface area contributed by atoms with Crippen LogP contribution in [0.1, 0.15) is 31.0 Å². The van der Waals surface area contributed by atoms with Gasteiger partial charge in [-0.25, -0.2) is 9.97 Å². The third kappa shape index (κ3) is 4.06. The van der Waals surface area contributed by atoms with Crippen molar-refractivity contribution in [2.45, 2.75) is 13.8 Å². The van der Waals surface area contributed by atoms with E-state index in [0.29, 0.717) is 28.5 Å². The van der Waals surface area contributed by atoms with Crippen LogP contribution in [-0.4, -0.2) is 28.9 Å². The number of benzene rings is 1. The molecule has 0 spiro atoms. The third-order valence-corrected chi connectivity index (χ3v) is 4.96. The molecule has 0 unspecified atom stereocenters. The number of hydrogen-bond acceptors (Lipinski definition) is 7. The number of amides is 2. The van der Waals surface area contributed by atoms with Crippen LogP contribution in [0.3, 0.4) is 0 Å². The molecular formula is C17H16N4O3S2. The molecule has 2 aromatic heterocycles. The number of carbonyl (C=O) groups excluding carboxylic acids is 2. The number of nitrogens with zero attached hydrogens (tertiary/aromatic N) is 2. The van der Waals surface area contributed by atoms with Crippen molar-refractivity contribution in [3.05, 3.63) is 50.4 Å². The van der Waals surface area contributed by atoms with E-state index in [9.17, 15) is 9.59 Å². The van der Waals surface area contributed by atoms with Gasteiger partial charge in [0.05, 0.1) is 22.8 Å². The van der Waals surface area contributed by atoms with Gasteiger partial charge < -0.3 is 15.4 Å². The lowest BCUT2D eigenvalue weighted by atomic mass is 10.2. The maximum atomic E-state index is 12.2. The third-order valence-electron chi connectivity index (χ3n) is 3.41. The minimum atomic E-state index is -0.317. The molecule has 26 heavy (non-hydrogen) atoms. The number of methoxy groups -OCH3 is 1. The van der Waals surface area contributed by atoms with Crippen LogP contribution >= 0.6 is 22.7 Å². The quantitative estimate of drug-likeness (QED) is 0.695. The molecule has 2 amide bonds. The Kier molecular flexibility index (Phi) is 5.29. The highest BCUT2D eigenvalue weighted by molar-refractivity contribution is 7.10. The molecule has 0 aliphatic heterocycles. The minimum absolute atomic E-state index is 0.300. The smallest absolute Gasteiger partial charge is 0.275 e. The van der Waals surface area contributed by atoms with Crippen molar-refractivity contribution in [1.82, 2.24) is 9.97 Å². The zero-order chi connectivity index (χ0) is 18.7. The summed E-state index contributed by atoms with van der Waals surface area (Å²) < 4.78 is 5.32. The molecule has 1 aromatic carbocycles. The fourth-order valence-corrected chi connectivity index (χ4v) is 3.38. The van der Waals surface area contributed by atoms with Crippen LogP contribution in [0.15, 0.2) is 29.0 Å². The summed E-state index contributed by atoms with van der Waals surface area (Å²) in [5.41, 5.74) is 1.75. The summed E-state index contributed by atoms with van der Waals surface area (Å²) in [4.78, 5) is 32.8. The van der Waals surface area contributed by atoms with Gasteiger partial charge in [-0.1, -0.05) is 0 Å². The van der Waals surface area contributed by atoms with E-state index in [4.69, 9.17) is 4.74 Å². The highest BCUT2D eigenvalue weighted by Gasteiger charge is 2.14. The number of ether oxygens (including phenoxy) is 1. The number of aromatic nitrogens is 2. The number of rotatable bonds is 5. The fourth-order valence-electron chi connectivity index (χ4n) is 2.19. The Bertz CT molecular complexity index is 965. The Hall–Kier alpha value is -2.78. The Balaban J connectivity index is 1.75. The van der Waals surface area contributed by atoms with Gasteiger partial charge in [-0.2, -0.15) is 0 Å². The first-order valence-corrected chi connectivity index (χ1v) is 9.37. The molecule has 0 radical (unpaired) electrons. The van der Waals surface area contributed by atoms with Crippen LogP contribution in [0, 0.1) is 13.8 Å². The molecule has 3 aromatic rings. The summed E-state index contributed by atoms with van der Waals surface area (Å²) in [7, 11) is 1.49. The van der Waals surface area contributed by atoms with Gasteiger partial charge in [0.2, 0.25) is 0 Å². The van der Waals surface area contributed by atoms with Crippen molar-refractivity contribution in [2.75, 3.05) is 17.7 Å². The molecule has 0 aliphatic rings.